The van der Waals surface area contributed by atoms with Gasteiger partial charge < -0.3 is 14.4 Å². The summed E-state index contributed by atoms with van der Waals surface area (Å²) in [6.45, 7) is 4.17. The van der Waals surface area contributed by atoms with E-state index in [0.29, 0.717) is 18.9 Å². The summed E-state index contributed by atoms with van der Waals surface area (Å²) in [5.41, 5.74) is 2.49. The normalized spacial score (nSPS) is 12.6. The van der Waals surface area contributed by atoms with E-state index in [1.807, 2.05) is 37.1 Å². The molecule has 0 fully saturated rings. The van der Waals surface area contributed by atoms with Crippen molar-refractivity contribution in [3.8, 4) is 0 Å². The van der Waals surface area contributed by atoms with Gasteiger partial charge in [0.2, 0.25) is 0 Å². The van der Waals surface area contributed by atoms with Gasteiger partial charge in [0.25, 0.3) is 0 Å². The lowest BCUT2D eigenvalue weighted by atomic mass is 10.1. The summed E-state index contributed by atoms with van der Waals surface area (Å²) in [5.74, 6) is -0.487. The van der Waals surface area contributed by atoms with Crippen LogP contribution in [-0.4, -0.2) is 29.7 Å². The van der Waals surface area contributed by atoms with Crippen molar-refractivity contribution in [1.82, 2.24) is 4.98 Å². The van der Waals surface area contributed by atoms with Crippen LogP contribution < -0.4 is 4.90 Å². The van der Waals surface area contributed by atoms with Gasteiger partial charge in [-0.1, -0.05) is 6.92 Å². The van der Waals surface area contributed by atoms with Crippen LogP contribution in [0.25, 0.3) is 11.1 Å². The van der Waals surface area contributed by atoms with Crippen LogP contribution in [0, 0.1) is 12.8 Å². The molecule has 102 valence electrons. The van der Waals surface area contributed by atoms with Crippen LogP contribution in [0.2, 0.25) is 0 Å². The Morgan fingerprint density at radius 3 is 2.89 bits per heavy atom. The Labute approximate surface area is 111 Å². The molecule has 0 saturated carbocycles. The van der Waals surface area contributed by atoms with Crippen LogP contribution >= 0.6 is 0 Å². The third-order valence-corrected chi connectivity index (χ3v) is 3.26. The lowest BCUT2D eigenvalue weighted by Gasteiger charge is -2.22. The molecule has 0 spiro atoms. The summed E-state index contributed by atoms with van der Waals surface area (Å²) >= 11 is 0. The maximum absolute atomic E-state index is 11.1. The van der Waals surface area contributed by atoms with Crippen LogP contribution in [0.4, 0.5) is 5.69 Å². The average Bonchev–Trinajstić information content (AvgIpc) is 2.74. The predicted molar refractivity (Wildman–Crippen MR) is 73.4 cm³/mol. The third-order valence-electron chi connectivity index (χ3n) is 3.26. The molecule has 5 heteroatoms. The second-order valence-corrected chi connectivity index (χ2v) is 4.71. The molecule has 2 rings (SSSR count). The number of hydrogen-bond acceptors (Lipinski definition) is 4. The summed E-state index contributed by atoms with van der Waals surface area (Å²) in [4.78, 5) is 17.3. The topological polar surface area (TPSA) is 66.6 Å². The van der Waals surface area contributed by atoms with E-state index in [9.17, 15) is 4.79 Å². The Bertz CT molecular complexity index is 591. The maximum Gasteiger partial charge on any atom is 0.308 e. The first-order chi connectivity index (χ1) is 9.01. The molecule has 0 radical (unpaired) electrons. The van der Waals surface area contributed by atoms with Crippen LogP contribution in [0.5, 0.6) is 0 Å². The van der Waals surface area contributed by atoms with E-state index in [-0.39, 0.29) is 5.92 Å². The zero-order chi connectivity index (χ0) is 14.0. The highest BCUT2D eigenvalue weighted by Gasteiger charge is 2.18. The summed E-state index contributed by atoms with van der Waals surface area (Å²) in [6.07, 6.45) is 0.616. The Morgan fingerprint density at radius 1 is 1.53 bits per heavy atom. The quantitative estimate of drug-likeness (QED) is 0.897. The first kappa shape index (κ1) is 13.4. The van der Waals surface area contributed by atoms with Gasteiger partial charge in [-0.2, -0.15) is 0 Å². The minimum atomic E-state index is -0.757. The number of aromatic nitrogens is 1. The molecule has 0 amide bonds. The fourth-order valence-corrected chi connectivity index (χ4v) is 2.09. The van der Waals surface area contributed by atoms with E-state index in [4.69, 9.17) is 9.52 Å². The number of hydrogen-bond donors (Lipinski definition) is 1. The minimum absolute atomic E-state index is 0.361. The summed E-state index contributed by atoms with van der Waals surface area (Å²) in [7, 11) is 1.89. The molecular weight excluding hydrogens is 244 g/mol. The standard InChI is InChI=1S/C14H18N2O3/c1-4-10(14(17)18)8-16(3)11-5-6-13-12(7-11)15-9(2)19-13/h5-7,10H,4,8H2,1-3H3,(H,17,18). The van der Waals surface area contributed by atoms with E-state index < -0.39 is 5.97 Å². The fourth-order valence-electron chi connectivity index (χ4n) is 2.09. The molecule has 0 aliphatic carbocycles. The van der Waals surface area contributed by atoms with Gasteiger partial charge in [0, 0.05) is 26.2 Å². The van der Waals surface area contributed by atoms with Gasteiger partial charge >= 0.3 is 5.97 Å². The number of aryl methyl sites for hydroxylation is 1. The largest absolute Gasteiger partial charge is 0.481 e. The third kappa shape index (κ3) is 2.86. The lowest BCUT2D eigenvalue weighted by molar-refractivity contribution is -0.141. The minimum Gasteiger partial charge on any atom is -0.481 e. The second-order valence-electron chi connectivity index (χ2n) is 4.71. The molecule has 1 aromatic heterocycles. The number of fused-ring (bicyclic) bond motifs is 1. The van der Waals surface area contributed by atoms with Gasteiger partial charge in [0.15, 0.2) is 11.5 Å². The SMILES string of the molecule is CCC(CN(C)c1ccc2oc(C)nc2c1)C(=O)O. The molecule has 0 aliphatic rings. The summed E-state index contributed by atoms with van der Waals surface area (Å²) in [5, 5.41) is 9.09. The highest BCUT2D eigenvalue weighted by Crippen LogP contribution is 2.22. The molecule has 0 bridgehead atoms. The molecule has 19 heavy (non-hydrogen) atoms. The van der Waals surface area contributed by atoms with Crippen LogP contribution in [0.1, 0.15) is 19.2 Å². The molecule has 2 aromatic rings. The number of rotatable bonds is 5. The van der Waals surface area contributed by atoms with Gasteiger partial charge in [-0.25, -0.2) is 4.98 Å². The second kappa shape index (κ2) is 5.30. The van der Waals surface area contributed by atoms with Crippen LogP contribution in [0.15, 0.2) is 22.6 Å². The van der Waals surface area contributed by atoms with E-state index in [1.54, 1.807) is 6.92 Å². The Kier molecular flexibility index (Phi) is 3.74. The van der Waals surface area contributed by atoms with Crippen molar-refractivity contribution in [2.75, 3.05) is 18.5 Å². The maximum atomic E-state index is 11.1. The van der Waals surface area contributed by atoms with Gasteiger partial charge in [-0.3, -0.25) is 4.79 Å². The molecular formula is C14H18N2O3. The number of oxazole rings is 1. The zero-order valence-corrected chi connectivity index (χ0v) is 11.4. The van der Waals surface area contributed by atoms with Gasteiger partial charge in [0.1, 0.15) is 5.52 Å². The zero-order valence-electron chi connectivity index (χ0n) is 11.4. The fraction of sp³-hybridized carbons (Fsp3) is 0.429. The smallest absolute Gasteiger partial charge is 0.308 e. The number of carbonyl (C=O) groups is 1. The number of benzene rings is 1. The molecule has 0 aliphatic heterocycles. The highest BCUT2D eigenvalue weighted by molar-refractivity contribution is 5.78. The molecule has 1 heterocycles. The number of aliphatic carboxylic acids is 1. The van der Waals surface area contributed by atoms with Crippen molar-refractivity contribution < 1.29 is 14.3 Å². The number of carboxylic acids is 1. The van der Waals surface area contributed by atoms with Gasteiger partial charge in [-0.05, 0) is 24.6 Å². The van der Waals surface area contributed by atoms with Crippen LogP contribution in [0.3, 0.4) is 0 Å². The van der Waals surface area contributed by atoms with Crippen molar-refractivity contribution >= 4 is 22.8 Å². The van der Waals surface area contributed by atoms with E-state index in [0.717, 1.165) is 16.8 Å². The molecule has 1 atom stereocenters. The molecule has 5 nitrogen and oxygen atoms in total. The number of carboxylic acid groups (broad SMARTS) is 1. The van der Waals surface area contributed by atoms with Gasteiger partial charge in [0.05, 0.1) is 5.92 Å². The number of nitrogens with zero attached hydrogens (tertiary/aromatic N) is 2. The van der Waals surface area contributed by atoms with Crippen molar-refractivity contribution in [1.29, 1.82) is 0 Å². The monoisotopic (exact) mass is 262 g/mol. The first-order valence-electron chi connectivity index (χ1n) is 6.32. The average molecular weight is 262 g/mol. The number of anilines is 1. The molecule has 1 N–H and O–H groups in total. The molecule has 1 unspecified atom stereocenters. The Hall–Kier alpha value is -2.04. The van der Waals surface area contributed by atoms with Crippen molar-refractivity contribution in [3.63, 3.8) is 0 Å². The Balaban J connectivity index is 2.20. The van der Waals surface area contributed by atoms with Crippen molar-refractivity contribution in [2.24, 2.45) is 5.92 Å². The lowest BCUT2D eigenvalue weighted by Crippen LogP contribution is -2.29. The van der Waals surface area contributed by atoms with Crippen LogP contribution in [-0.2, 0) is 4.79 Å². The van der Waals surface area contributed by atoms with Crippen molar-refractivity contribution in [3.05, 3.63) is 24.1 Å². The highest BCUT2D eigenvalue weighted by atomic mass is 16.4. The predicted octanol–water partition coefficient (Wildman–Crippen LogP) is 2.68. The van der Waals surface area contributed by atoms with E-state index >= 15 is 0 Å². The Morgan fingerprint density at radius 2 is 2.26 bits per heavy atom. The van der Waals surface area contributed by atoms with Gasteiger partial charge in [-0.15, -0.1) is 0 Å². The summed E-state index contributed by atoms with van der Waals surface area (Å²) in [6, 6.07) is 5.70. The van der Waals surface area contributed by atoms with E-state index in [2.05, 4.69) is 4.98 Å². The summed E-state index contributed by atoms with van der Waals surface area (Å²) < 4.78 is 5.42. The first-order valence-corrected chi connectivity index (χ1v) is 6.32. The molecule has 1 aromatic carbocycles. The molecule has 0 saturated heterocycles. The van der Waals surface area contributed by atoms with E-state index in [1.165, 1.54) is 0 Å². The van der Waals surface area contributed by atoms with Crippen molar-refractivity contribution in [2.45, 2.75) is 20.3 Å².